The maximum absolute atomic E-state index is 13.2. The number of rotatable bonds is 9. The van der Waals surface area contributed by atoms with Gasteiger partial charge in [0.15, 0.2) is 11.6 Å². The summed E-state index contributed by atoms with van der Waals surface area (Å²) in [4.78, 5) is 38.0. The SMILES string of the molecule is C[C@@]1(NC(=O)OCc2ccccc2)C(=O)N[C@H]1Oc1cccc(C(=O)OC(c2ccccc2)c2ccccc2)c1. The highest BCUT2D eigenvalue weighted by Gasteiger charge is 2.55. The average Bonchev–Trinajstić information content (AvgIpc) is 3.00. The van der Waals surface area contributed by atoms with Crippen molar-refractivity contribution in [3.05, 3.63) is 138 Å². The molecule has 1 aliphatic rings. The van der Waals surface area contributed by atoms with Crippen LogP contribution in [-0.4, -0.2) is 29.7 Å². The minimum absolute atomic E-state index is 0.0625. The summed E-state index contributed by atoms with van der Waals surface area (Å²) in [5, 5.41) is 5.23. The molecule has 2 N–H and O–H groups in total. The molecule has 8 nitrogen and oxygen atoms in total. The van der Waals surface area contributed by atoms with E-state index in [9.17, 15) is 14.4 Å². The molecule has 0 saturated carbocycles. The van der Waals surface area contributed by atoms with Gasteiger partial charge in [-0.25, -0.2) is 9.59 Å². The van der Waals surface area contributed by atoms with Gasteiger partial charge in [-0.3, -0.25) is 4.79 Å². The van der Waals surface area contributed by atoms with Crippen molar-refractivity contribution in [3.63, 3.8) is 0 Å². The van der Waals surface area contributed by atoms with E-state index in [1.165, 1.54) is 6.07 Å². The van der Waals surface area contributed by atoms with Gasteiger partial charge in [-0.15, -0.1) is 0 Å². The number of alkyl carbamates (subject to hydrolysis) is 1. The molecule has 0 unspecified atom stereocenters. The minimum Gasteiger partial charge on any atom is -0.468 e. The van der Waals surface area contributed by atoms with E-state index < -0.39 is 35.8 Å². The molecule has 1 saturated heterocycles. The van der Waals surface area contributed by atoms with Gasteiger partial charge in [0, 0.05) is 0 Å². The Morgan fingerprint density at radius 3 is 2.05 bits per heavy atom. The van der Waals surface area contributed by atoms with Crippen LogP contribution in [0.4, 0.5) is 4.79 Å². The smallest absolute Gasteiger partial charge is 0.408 e. The lowest BCUT2D eigenvalue weighted by Gasteiger charge is -2.45. The Kier molecular flexibility index (Phi) is 7.77. The van der Waals surface area contributed by atoms with Gasteiger partial charge in [0.2, 0.25) is 6.23 Å². The number of β-lactam (4-membered cyclic amide) rings is 1. The summed E-state index contributed by atoms with van der Waals surface area (Å²) in [6.07, 6.45) is -2.23. The molecule has 8 heteroatoms. The number of nitrogens with one attached hydrogen (secondary N) is 2. The molecule has 0 radical (unpaired) electrons. The van der Waals surface area contributed by atoms with Gasteiger partial charge < -0.3 is 24.8 Å². The second-order valence-electron chi connectivity index (χ2n) is 9.49. The van der Waals surface area contributed by atoms with Crippen LogP contribution >= 0.6 is 0 Å². The van der Waals surface area contributed by atoms with E-state index >= 15 is 0 Å². The fourth-order valence-corrected chi connectivity index (χ4v) is 4.29. The summed E-state index contributed by atoms with van der Waals surface area (Å²) in [7, 11) is 0. The summed E-state index contributed by atoms with van der Waals surface area (Å²) in [5.41, 5.74) is 1.41. The number of esters is 1. The van der Waals surface area contributed by atoms with Gasteiger partial charge in [-0.1, -0.05) is 97.1 Å². The van der Waals surface area contributed by atoms with E-state index in [0.717, 1.165) is 16.7 Å². The maximum atomic E-state index is 13.2. The van der Waals surface area contributed by atoms with Crippen molar-refractivity contribution in [1.82, 2.24) is 10.6 Å². The third-order valence-corrected chi connectivity index (χ3v) is 6.59. The van der Waals surface area contributed by atoms with Crippen molar-refractivity contribution in [2.75, 3.05) is 0 Å². The van der Waals surface area contributed by atoms with E-state index in [-0.39, 0.29) is 12.2 Å². The Morgan fingerprint density at radius 2 is 1.45 bits per heavy atom. The van der Waals surface area contributed by atoms with Crippen molar-refractivity contribution in [2.45, 2.75) is 31.4 Å². The molecule has 40 heavy (non-hydrogen) atoms. The van der Waals surface area contributed by atoms with Crippen LogP contribution in [0.25, 0.3) is 0 Å². The Hall–Kier alpha value is -5.11. The molecule has 0 spiro atoms. The zero-order valence-corrected chi connectivity index (χ0v) is 21.8. The number of ether oxygens (including phenoxy) is 3. The van der Waals surface area contributed by atoms with Gasteiger partial charge in [0.25, 0.3) is 5.91 Å². The van der Waals surface area contributed by atoms with Crippen LogP contribution < -0.4 is 15.4 Å². The van der Waals surface area contributed by atoms with Crippen LogP contribution in [-0.2, 0) is 20.9 Å². The Bertz CT molecular complexity index is 1440. The summed E-state index contributed by atoms with van der Waals surface area (Å²) in [6, 6.07) is 34.7. The molecule has 1 heterocycles. The van der Waals surface area contributed by atoms with Gasteiger partial charge in [-0.2, -0.15) is 0 Å². The highest BCUT2D eigenvalue weighted by molar-refractivity contribution is 5.96. The molecule has 0 aromatic heterocycles. The number of carbonyl (C=O) groups excluding carboxylic acids is 3. The van der Waals surface area contributed by atoms with Crippen LogP contribution in [0.1, 0.15) is 40.1 Å². The lowest BCUT2D eigenvalue weighted by Crippen LogP contribution is -2.79. The lowest BCUT2D eigenvalue weighted by atomic mass is 9.91. The van der Waals surface area contributed by atoms with E-state index in [2.05, 4.69) is 10.6 Å². The van der Waals surface area contributed by atoms with Crippen LogP contribution in [0.3, 0.4) is 0 Å². The Morgan fingerprint density at radius 1 is 0.850 bits per heavy atom. The van der Waals surface area contributed by atoms with Crippen molar-refractivity contribution in [2.24, 2.45) is 0 Å². The average molecular weight is 537 g/mol. The predicted molar refractivity (Wildman–Crippen MR) is 147 cm³/mol. The Labute approximate surface area is 231 Å². The second kappa shape index (κ2) is 11.7. The predicted octanol–water partition coefficient (Wildman–Crippen LogP) is 5.15. The molecule has 1 fully saturated rings. The van der Waals surface area contributed by atoms with Gasteiger partial charge in [-0.05, 0) is 41.8 Å². The largest absolute Gasteiger partial charge is 0.468 e. The van der Waals surface area contributed by atoms with Gasteiger partial charge in [0.1, 0.15) is 12.4 Å². The number of hydrogen-bond donors (Lipinski definition) is 2. The van der Waals surface area contributed by atoms with Crippen molar-refractivity contribution in [3.8, 4) is 5.75 Å². The van der Waals surface area contributed by atoms with Crippen molar-refractivity contribution < 1.29 is 28.6 Å². The molecule has 1 aliphatic heterocycles. The van der Waals surface area contributed by atoms with Crippen LogP contribution in [0.2, 0.25) is 0 Å². The lowest BCUT2D eigenvalue weighted by molar-refractivity contribution is -0.148. The van der Waals surface area contributed by atoms with Crippen molar-refractivity contribution >= 4 is 18.0 Å². The molecule has 0 bridgehead atoms. The van der Waals surface area contributed by atoms with E-state index in [1.807, 2.05) is 91.0 Å². The number of benzene rings is 4. The zero-order chi connectivity index (χ0) is 28.0. The van der Waals surface area contributed by atoms with Gasteiger partial charge in [0.05, 0.1) is 5.56 Å². The summed E-state index contributed by atoms with van der Waals surface area (Å²) in [5.74, 6) is -0.634. The first kappa shape index (κ1) is 26.5. The molecule has 4 aromatic rings. The Balaban J connectivity index is 1.25. The first-order valence-electron chi connectivity index (χ1n) is 12.8. The third-order valence-electron chi connectivity index (χ3n) is 6.59. The number of hydrogen-bond acceptors (Lipinski definition) is 6. The third kappa shape index (κ3) is 5.96. The van der Waals surface area contributed by atoms with Gasteiger partial charge >= 0.3 is 12.1 Å². The molecular formula is C32H28N2O6. The van der Waals surface area contributed by atoms with Crippen LogP contribution in [0, 0.1) is 0 Å². The quantitative estimate of drug-likeness (QED) is 0.227. The van der Waals surface area contributed by atoms with E-state index in [1.54, 1.807) is 25.1 Å². The number of amides is 2. The highest BCUT2D eigenvalue weighted by atomic mass is 16.6. The van der Waals surface area contributed by atoms with E-state index in [0.29, 0.717) is 5.75 Å². The first-order chi connectivity index (χ1) is 19.4. The minimum atomic E-state index is -1.37. The molecule has 202 valence electrons. The summed E-state index contributed by atoms with van der Waals surface area (Å²) in [6.45, 7) is 1.61. The maximum Gasteiger partial charge on any atom is 0.408 e. The monoisotopic (exact) mass is 536 g/mol. The second-order valence-corrected chi connectivity index (χ2v) is 9.49. The first-order valence-corrected chi connectivity index (χ1v) is 12.8. The van der Waals surface area contributed by atoms with Crippen molar-refractivity contribution in [1.29, 1.82) is 0 Å². The normalized spacial score (nSPS) is 17.8. The molecular weight excluding hydrogens is 508 g/mol. The van der Waals surface area contributed by atoms with E-state index in [4.69, 9.17) is 14.2 Å². The fourth-order valence-electron chi connectivity index (χ4n) is 4.29. The zero-order valence-electron chi connectivity index (χ0n) is 21.8. The summed E-state index contributed by atoms with van der Waals surface area (Å²) < 4.78 is 17.2. The van der Waals surface area contributed by atoms with Crippen LogP contribution in [0.5, 0.6) is 5.75 Å². The fraction of sp³-hybridized carbons (Fsp3) is 0.156. The molecule has 4 aromatic carbocycles. The molecule has 5 rings (SSSR count). The topological polar surface area (TPSA) is 103 Å². The molecule has 0 aliphatic carbocycles. The number of carbonyl (C=O) groups is 3. The summed E-state index contributed by atoms with van der Waals surface area (Å²) >= 11 is 0. The molecule has 2 amide bonds. The molecule has 2 atom stereocenters. The standard InChI is InChI=1S/C32H28N2O6/c1-32(34-31(37)38-21-22-12-5-2-6-13-22)29(36)33-30(32)39-26-19-11-18-25(20-26)28(35)40-27(23-14-7-3-8-15-23)24-16-9-4-10-17-24/h2-20,27,30H,21H2,1H3,(H,33,36)(H,34,37)/t30-,32+/m0/s1. The highest BCUT2D eigenvalue weighted by Crippen LogP contribution is 2.29. The van der Waals surface area contributed by atoms with Crippen LogP contribution in [0.15, 0.2) is 115 Å².